The van der Waals surface area contributed by atoms with E-state index >= 15 is 0 Å². The first-order chi connectivity index (χ1) is 11.9. The monoisotopic (exact) mass is 338 g/mol. The lowest BCUT2D eigenvalue weighted by atomic mass is 9.76. The number of fused-ring (bicyclic) bond motifs is 3. The van der Waals surface area contributed by atoms with Gasteiger partial charge in [-0.05, 0) is 38.2 Å². The summed E-state index contributed by atoms with van der Waals surface area (Å²) in [6.07, 6.45) is 0. The molecule has 3 rings (SSSR count). The Labute approximate surface area is 148 Å². The van der Waals surface area contributed by atoms with Crippen molar-refractivity contribution < 1.29 is 14.6 Å². The molecular weight excluding hydrogens is 313 g/mol. The molecule has 3 aromatic rings. The van der Waals surface area contributed by atoms with E-state index in [4.69, 9.17) is 0 Å². The lowest BCUT2D eigenvalue weighted by Crippen LogP contribution is -2.40. The van der Waals surface area contributed by atoms with Crippen LogP contribution < -0.4 is 15.3 Å². The Kier molecular flexibility index (Phi) is 5.06. The summed E-state index contributed by atoms with van der Waals surface area (Å²) >= 11 is 0. The smallest absolute Gasteiger partial charge is 0.423 e. The summed E-state index contributed by atoms with van der Waals surface area (Å²) in [6.45, 7) is 1.51. The van der Waals surface area contributed by atoms with E-state index in [1.807, 2.05) is 34.3 Å². The molecule has 0 aliphatic heterocycles. The van der Waals surface area contributed by atoms with Gasteiger partial charge in [-0.15, -0.1) is 0 Å². The summed E-state index contributed by atoms with van der Waals surface area (Å²) in [5.41, 5.74) is 3.95. The van der Waals surface area contributed by atoms with Crippen molar-refractivity contribution in [2.45, 2.75) is 13.1 Å². The Morgan fingerprint density at radius 3 is 2.52 bits per heavy atom. The Balaban J connectivity index is 2.46. The highest BCUT2D eigenvalue weighted by molar-refractivity contribution is 6.62. The number of nitrogens with zero attached hydrogens (tertiary/aromatic N) is 2. The Morgan fingerprint density at radius 2 is 1.88 bits per heavy atom. The van der Waals surface area contributed by atoms with Gasteiger partial charge in [0.05, 0.1) is 17.3 Å². The van der Waals surface area contributed by atoms with Crippen LogP contribution in [-0.4, -0.2) is 43.2 Å². The van der Waals surface area contributed by atoms with Gasteiger partial charge in [-0.3, -0.25) is 4.90 Å². The van der Waals surface area contributed by atoms with Crippen molar-refractivity contribution in [3.05, 3.63) is 47.7 Å². The molecule has 6 heteroatoms. The second-order valence-electron chi connectivity index (χ2n) is 6.77. The number of nitrogens with one attached hydrogen (secondary N) is 1. The highest BCUT2D eigenvalue weighted by atomic mass is 16.4. The number of benzene rings is 2. The molecule has 25 heavy (non-hydrogen) atoms. The molecular formula is C19H25BN3O2+. The van der Waals surface area contributed by atoms with Crippen LogP contribution in [0.5, 0.6) is 0 Å². The number of aryl methyl sites for hydroxylation is 1. The van der Waals surface area contributed by atoms with Crippen LogP contribution in [0.4, 0.5) is 0 Å². The molecule has 0 fully saturated rings. The zero-order valence-corrected chi connectivity index (χ0v) is 15.2. The van der Waals surface area contributed by atoms with Gasteiger partial charge in [0.25, 0.3) is 0 Å². The van der Waals surface area contributed by atoms with E-state index in [2.05, 4.69) is 39.0 Å². The number of hydrogen-bond acceptors (Lipinski definition) is 4. The molecule has 0 unspecified atom stereocenters. The third kappa shape index (κ3) is 3.26. The van der Waals surface area contributed by atoms with Gasteiger partial charge in [-0.1, -0.05) is 24.3 Å². The molecule has 0 aliphatic carbocycles. The van der Waals surface area contributed by atoms with Crippen molar-refractivity contribution >= 4 is 34.3 Å². The van der Waals surface area contributed by atoms with Crippen LogP contribution in [-0.2, 0) is 20.1 Å². The quantitative estimate of drug-likeness (QED) is 0.355. The first kappa shape index (κ1) is 17.8. The summed E-state index contributed by atoms with van der Waals surface area (Å²) in [5.74, 6) is 0. The third-order valence-electron chi connectivity index (χ3n) is 4.63. The van der Waals surface area contributed by atoms with Gasteiger partial charge in [0.2, 0.25) is 11.2 Å². The standard InChI is InChI=1S/C19H25BN3O2/c1-21-11-13-8-9-17-15(10-13)14-6-5-7-16(20(24)25)19(14)18(23(17)4)12-22(2)3/h5-10,21,24-25H,11-12H2,1-4H3/q+1. The number of pyridine rings is 1. The van der Waals surface area contributed by atoms with E-state index in [0.29, 0.717) is 12.0 Å². The van der Waals surface area contributed by atoms with E-state index in [1.165, 1.54) is 5.56 Å². The Bertz CT molecular complexity index is 926. The van der Waals surface area contributed by atoms with E-state index in [-0.39, 0.29) is 0 Å². The predicted octanol–water partition coefficient (Wildman–Crippen LogP) is 0.278. The van der Waals surface area contributed by atoms with Crippen molar-refractivity contribution in [2.24, 2.45) is 7.05 Å². The molecule has 0 bridgehead atoms. The van der Waals surface area contributed by atoms with Crippen molar-refractivity contribution in [3.8, 4) is 0 Å². The number of aromatic nitrogens is 1. The molecule has 0 saturated carbocycles. The highest BCUT2D eigenvalue weighted by Crippen LogP contribution is 2.26. The maximum atomic E-state index is 9.90. The third-order valence-corrected chi connectivity index (χ3v) is 4.63. The SMILES string of the molecule is CNCc1ccc2c(c1)c1cccc(B(O)O)c1c(CN(C)C)[n+]2C. The van der Waals surface area contributed by atoms with Gasteiger partial charge in [0.15, 0.2) is 0 Å². The fourth-order valence-electron chi connectivity index (χ4n) is 3.54. The average molecular weight is 338 g/mol. The molecule has 0 saturated heterocycles. The van der Waals surface area contributed by atoms with Crippen LogP contribution in [0.15, 0.2) is 36.4 Å². The summed E-state index contributed by atoms with van der Waals surface area (Å²) < 4.78 is 2.16. The van der Waals surface area contributed by atoms with Gasteiger partial charge in [0.1, 0.15) is 7.05 Å². The summed E-state index contributed by atoms with van der Waals surface area (Å²) in [7, 11) is 6.51. The molecule has 1 heterocycles. The fourth-order valence-corrected chi connectivity index (χ4v) is 3.54. The fraction of sp³-hybridized carbons (Fsp3) is 0.316. The van der Waals surface area contributed by atoms with Crippen LogP contribution in [0.25, 0.3) is 21.7 Å². The molecule has 130 valence electrons. The molecule has 0 aliphatic rings. The molecule has 0 atom stereocenters. The van der Waals surface area contributed by atoms with Crippen LogP contribution in [0.2, 0.25) is 0 Å². The number of hydrogen-bond donors (Lipinski definition) is 3. The van der Waals surface area contributed by atoms with Gasteiger partial charge >= 0.3 is 7.12 Å². The van der Waals surface area contributed by atoms with Crippen molar-refractivity contribution in [3.63, 3.8) is 0 Å². The average Bonchev–Trinajstić information content (AvgIpc) is 2.58. The predicted molar refractivity (Wildman–Crippen MR) is 103 cm³/mol. The molecule has 1 aromatic heterocycles. The molecule has 0 amide bonds. The van der Waals surface area contributed by atoms with Crippen molar-refractivity contribution in [1.29, 1.82) is 0 Å². The van der Waals surface area contributed by atoms with E-state index < -0.39 is 7.12 Å². The second kappa shape index (κ2) is 7.10. The largest absolute Gasteiger partial charge is 0.489 e. The zero-order valence-electron chi connectivity index (χ0n) is 15.2. The van der Waals surface area contributed by atoms with Crippen LogP contribution in [0.3, 0.4) is 0 Å². The van der Waals surface area contributed by atoms with Crippen LogP contribution in [0.1, 0.15) is 11.3 Å². The first-order valence-electron chi connectivity index (χ1n) is 8.45. The van der Waals surface area contributed by atoms with Gasteiger partial charge in [-0.2, -0.15) is 4.57 Å². The Hall–Kier alpha value is -1.99. The van der Waals surface area contributed by atoms with E-state index in [0.717, 1.165) is 33.9 Å². The maximum absolute atomic E-state index is 9.90. The van der Waals surface area contributed by atoms with E-state index in [1.54, 1.807) is 6.07 Å². The van der Waals surface area contributed by atoms with Crippen LogP contribution in [0, 0.1) is 0 Å². The first-order valence-corrected chi connectivity index (χ1v) is 8.45. The minimum Gasteiger partial charge on any atom is -0.423 e. The highest BCUT2D eigenvalue weighted by Gasteiger charge is 2.25. The normalized spacial score (nSPS) is 11.6. The maximum Gasteiger partial charge on any atom is 0.489 e. The number of rotatable bonds is 5. The molecule has 2 aromatic carbocycles. The molecule has 0 spiro atoms. The summed E-state index contributed by atoms with van der Waals surface area (Å²) in [6, 6.07) is 12.2. The zero-order chi connectivity index (χ0) is 18.1. The topological polar surface area (TPSA) is 59.6 Å². The minimum atomic E-state index is -1.50. The molecule has 0 radical (unpaired) electrons. The van der Waals surface area contributed by atoms with Crippen molar-refractivity contribution in [1.82, 2.24) is 10.2 Å². The van der Waals surface area contributed by atoms with E-state index in [9.17, 15) is 10.0 Å². The lowest BCUT2D eigenvalue weighted by Gasteiger charge is -2.16. The van der Waals surface area contributed by atoms with Crippen LogP contribution >= 0.6 is 0 Å². The molecule has 5 nitrogen and oxygen atoms in total. The second-order valence-corrected chi connectivity index (χ2v) is 6.77. The Morgan fingerprint density at radius 1 is 1.12 bits per heavy atom. The lowest BCUT2D eigenvalue weighted by molar-refractivity contribution is -0.652. The summed E-state index contributed by atoms with van der Waals surface area (Å²) in [4.78, 5) is 2.09. The van der Waals surface area contributed by atoms with Crippen molar-refractivity contribution in [2.75, 3.05) is 21.1 Å². The van der Waals surface area contributed by atoms with Gasteiger partial charge < -0.3 is 15.4 Å². The summed E-state index contributed by atoms with van der Waals surface area (Å²) in [5, 5.41) is 26.1. The molecule has 3 N–H and O–H groups in total. The minimum absolute atomic E-state index is 0.547. The van der Waals surface area contributed by atoms with Gasteiger partial charge in [0, 0.05) is 18.0 Å². The van der Waals surface area contributed by atoms with Gasteiger partial charge in [-0.25, -0.2) is 0 Å².